The summed E-state index contributed by atoms with van der Waals surface area (Å²) >= 11 is 1.68. The van der Waals surface area contributed by atoms with E-state index in [-0.39, 0.29) is 5.56 Å². The highest BCUT2D eigenvalue weighted by Crippen LogP contribution is 2.33. The Hall–Kier alpha value is -4.22. The molecule has 1 aliphatic rings. The molecule has 38 heavy (non-hydrogen) atoms. The topological polar surface area (TPSA) is 107 Å². The molecule has 1 N–H and O–H groups in total. The van der Waals surface area contributed by atoms with Crippen molar-refractivity contribution in [2.75, 3.05) is 20.3 Å². The Kier molecular flexibility index (Phi) is 6.76. The first-order valence-electron chi connectivity index (χ1n) is 12.2. The van der Waals surface area contributed by atoms with E-state index in [1.54, 1.807) is 23.1 Å². The summed E-state index contributed by atoms with van der Waals surface area (Å²) < 4.78 is 18.5. The highest BCUT2D eigenvalue weighted by molar-refractivity contribution is 7.09. The molecule has 6 rings (SSSR count). The van der Waals surface area contributed by atoms with E-state index in [0.717, 1.165) is 22.2 Å². The Labute approximate surface area is 222 Å². The maximum atomic E-state index is 13.1. The Bertz CT molecular complexity index is 1600. The van der Waals surface area contributed by atoms with Crippen molar-refractivity contribution in [2.24, 2.45) is 0 Å². The molecule has 3 aromatic heterocycles. The third kappa shape index (κ3) is 5.24. The quantitative estimate of drug-likeness (QED) is 0.308. The Morgan fingerprint density at radius 3 is 2.63 bits per heavy atom. The molecule has 0 atom stereocenters. The smallest absolute Gasteiger partial charge is 0.252 e. The SMILES string of the molecule is COc1ccc(Cn2nnnc2CN(Cc2cccs2)Cc2cc3cc4c(cc3[nH]c2=O)OCCO4)cc1. The number of pyridine rings is 1. The minimum absolute atomic E-state index is 0.136. The molecule has 0 saturated heterocycles. The van der Waals surface area contributed by atoms with Gasteiger partial charge in [0.05, 0.1) is 25.7 Å². The minimum Gasteiger partial charge on any atom is -0.497 e. The summed E-state index contributed by atoms with van der Waals surface area (Å²) in [7, 11) is 1.65. The van der Waals surface area contributed by atoms with Crippen molar-refractivity contribution in [1.29, 1.82) is 0 Å². The van der Waals surface area contributed by atoms with Crippen LogP contribution in [0.1, 0.15) is 21.8 Å². The van der Waals surface area contributed by atoms with Crippen LogP contribution in [0.15, 0.2) is 64.8 Å². The number of aromatic amines is 1. The zero-order valence-corrected chi connectivity index (χ0v) is 21.6. The number of fused-ring (bicyclic) bond motifs is 2. The van der Waals surface area contributed by atoms with E-state index in [1.807, 2.05) is 48.5 Å². The van der Waals surface area contributed by atoms with Crippen LogP contribution in [0.25, 0.3) is 10.9 Å². The number of benzene rings is 2. The largest absolute Gasteiger partial charge is 0.497 e. The summed E-state index contributed by atoms with van der Waals surface area (Å²) in [6.45, 7) is 3.09. The fraction of sp³-hybridized carbons (Fsp3) is 0.259. The molecule has 0 radical (unpaired) electrons. The number of aromatic nitrogens is 5. The lowest BCUT2D eigenvalue weighted by Gasteiger charge is -2.22. The Balaban J connectivity index is 1.27. The van der Waals surface area contributed by atoms with Gasteiger partial charge in [-0.3, -0.25) is 9.69 Å². The number of nitrogens with zero attached hydrogens (tertiary/aromatic N) is 5. The van der Waals surface area contributed by atoms with Crippen LogP contribution >= 0.6 is 11.3 Å². The van der Waals surface area contributed by atoms with Crippen LogP contribution in [0.5, 0.6) is 17.2 Å². The number of nitrogens with one attached hydrogen (secondary N) is 1. The van der Waals surface area contributed by atoms with Crippen molar-refractivity contribution in [2.45, 2.75) is 26.2 Å². The third-order valence-electron chi connectivity index (χ3n) is 6.40. The van der Waals surface area contributed by atoms with Gasteiger partial charge in [-0.2, -0.15) is 0 Å². The average molecular weight is 531 g/mol. The number of tetrazole rings is 1. The average Bonchev–Trinajstić information content (AvgIpc) is 3.61. The van der Waals surface area contributed by atoms with Gasteiger partial charge >= 0.3 is 0 Å². The summed E-state index contributed by atoms with van der Waals surface area (Å²) in [6.07, 6.45) is 0. The number of hydrogen-bond acceptors (Lipinski definition) is 9. The molecule has 0 unspecified atom stereocenters. The molecule has 0 spiro atoms. The van der Waals surface area contributed by atoms with E-state index in [2.05, 4.69) is 36.9 Å². The molecule has 2 aromatic carbocycles. The number of rotatable bonds is 9. The van der Waals surface area contributed by atoms with E-state index in [9.17, 15) is 4.79 Å². The molecule has 1 aliphatic heterocycles. The van der Waals surface area contributed by atoms with Gasteiger partial charge < -0.3 is 19.2 Å². The molecule has 4 heterocycles. The molecule has 10 nitrogen and oxygen atoms in total. The van der Waals surface area contributed by atoms with Gasteiger partial charge in [-0.1, -0.05) is 18.2 Å². The van der Waals surface area contributed by atoms with Crippen molar-refractivity contribution in [3.05, 3.63) is 92.2 Å². The standard InChI is InChI=1S/C27H26N6O4S/c1-35-21-6-4-18(5-7-21)14-33-26(29-30-31-33)17-32(16-22-3-2-10-38-22)15-20-11-19-12-24-25(37-9-8-36-24)13-23(19)28-27(20)34/h2-7,10-13H,8-9,14-17H2,1H3,(H,28,34). The van der Waals surface area contributed by atoms with Crippen LogP contribution in [0, 0.1) is 0 Å². The van der Waals surface area contributed by atoms with E-state index in [1.165, 1.54) is 4.88 Å². The van der Waals surface area contributed by atoms with Gasteiger partial charge in [-0.25, -0.2) is 4.68 Å². The number of hydrogen-bond donors (Lipinski definition) is 1. The number of H-pyrrole nitrogens is 1. The summed E-state index contributed by atoms with van der Waals surface area (Å²) in [5, 5.41) is 15.4. The fourth-order valence-electron chi connectivity index (χ4n) is 4.50. The van der Waals surface area contributed by atoms with Gasteiger partial charge in [0.1, 0.15) is 19.0 Å². The van der Waals surface area contributed by atoms with Crippen LogP contribution in [-0.4, -0.2) is 50.4 Å². The highest BCUT2D eigenvalue weighted by Gasteiger charge is 2.18. The van der Waals surface area contributed by atoms with Crippen molar-refractivity contribution in [1.82, 2.24) is 30.1 Å². The third-order valence-corrected chi connectivity index (χ3v) is 7.26. The molecule has 0 fully saturated rings. The lowest BCUT2D eigenvalue weighted by atomic mass is 10.1. The second kappa shape index (κ2) is 10.6. The van der Waals surface area contributed by atoms with Crippen molar-refractivity contribution in [3.8, 4) is 17.2 Å². The highest BCUT2D eigenvalue weighted by atomic mass is 32.1. The van der Waals surface area contributed by atoms with Gasteiger partial charge in [0.25, 0.3) is 5.56 Å². The molecule has 11 heteroatoms. The molecule has 0 aliphatic carbocycles. The maximum Gasteiger partial charge on any atom is 0.252 e. The molecule has 0 amide bonds. The van der Waals surface area contributed by atoms with Crippen molar-refractivity contribution >= 4 is 22.2 Å². The van der Waals surface area contributed by atoms with Gasteiger partial charge in [0.2, 0.25) is 0 Å². The molecule has 0 saturated carbocycles. The van der Waals surface area contributed by atoms with Crippen LogP contribution in [0.3, 0.4) is 0 Å². The summed E-state index contributed by atoms with van der Waals surface area (Å²) in [6, 6.07) is 17.6. The van der Waals surface area contributed by atoms with E-state index in [0.29, 0.717) is 62.3 Å². The van der Waals surface area contributed by atoms with Crippen LogP contribution < -0.4 is 19.8 Å². The second-order valence-corrected chi connectivity index (χ2v) is 10.1. The number of methoxy groups -OCH3 is 1. The molecule has 0 bridgehead atoms. The predicted octanol–water partition coefficient (Wildman–Crippen LogP) is 3.61. The van der Waals surface area contributed by atoms with Crippen LogP contribution in [-0.2, 0) is 26.2 Å². The van der Waals surface area contributed by atoms with E-state index < -0.39 is 0 Å². The normalized spacial score (nSPS) is 12.8. The Morgan fingerprint density at radius 2 is 1.87 bits per heavy atom. The first-order valence-corrected chi connectivity index (χ1v) is 13.1. The molecular weight excluding hydrogens is 504 g/mol. The maximum absolute atomic E-state index is 13.1. The lowest BCUT2D eigenvalue weighted by Crippen LogP contribution is -2.28. The summed E-state index contributed by atoms with van der Waals surface area (Å²) in [5.41, 5.74) is 2.30. The van der Waals surface area contributed by atoms with E-state index >= 15 is 0 Å². The van der Waals surface area contributed by atoms with Crippen molar-refractivity contribution < 1.29 is 14.2 Å². The number of ether oxygens (including phenoxy) is 3. The Morgan fingerprint density at radius 1 is 1.05 bits per heavy atom. The summed E-state index contributed by atoms with van der Waals surface area (Å²) in [4.78, 5) is 19.5. The molecular formula is C27H26N6O4S. The zero-order chi connectivity index (χ0) is 25.9. The minimum atomic E-state index is -0.136. The van der Waals surface area contributed by atoms with E-state index in [4.69, 9.17) is 14.2 Å². The molecule has 194 valence electrons. The monoisotopic (exact) mass is 530 g/mol. The predicted molar refractivity (Wildman–Crippen MR) is 143 cm³/mol. The first-order chi connectivity index (χ1) is 18.6. The zero-order valence-electron chi connectivity index (χ0n) is 20.8. The summed E-state index contributed by atoms with van der Waals surface area (Å²) in [5.74, 6) is 2.85. The fourth-order valence-corrected chi connectivity index (χ4v) is 5.25. The lowest BCUT2D eigenvalue weighted by molar-refractivity contribution is 0.172. The molecule has 5 aromatic rings. The van der Waals surface area contributed by atoms with Crippen LogP contribution in [0.2, 0.25) is 0 Å². The first kappa shape index (κ1) is 24.1. The number of thiophene rings is 1. The van der Waals surface area contributed by atoms with Gasteiger partial charge in [0, 0.05) is 35.0 Å². The van der Waals surface area contributed by atoms with Crippen LogP contribution in [0.4, 0.5) is 0 Å². The van der Waals surface area contributed by atoms with Gasteiger partial charge in [-0.05, 0) is 51.7 Å². The van der Waals surface area contributed by atoms with Crippen molar-refractivity contribution in [3.63, 3.8) is 0 Å². The second-order valence-electron chi connectivity index (χ2n) is 9.03. The van der Waals surface area contributed by atoms with Gasteiger partial charge in [-0.15, -0.1) is 16.4 Å². The van der Waals surface area contributed by atoms with Gasteiger partial charge in [0.15, 0.2) is 17.3 Å².